The summed E-state index contributed by atoms with van der Waals surface area (Å²) in [6.07, 6.45) is 3.67. The first kappa shape index (κ1) is 14.9. The number of carbonyl (C=O) groups is 1. The molecule has 0 atom stereocenters. The molecule has 1 aliphatic carbocycles. The predicted molar refractivity (Wildman–Crippen MR) is 77.7 cm³/mol. The Morgan fingerprint density at radius 1 is 1.45 bits per heavy atom. The average molecular weight is 277 g/mol. The summed E-state index contributed by atoms with van der Waals surface area (Å²) in [5.74, 6) is 0.881. The van der Waals surface area contributed by atoms with E-state index in [-0.39, 0.29) is 12.5 Å². The molecule has 0 aromatic heterocycles. The van der Waals surface area contributed by atoms with Crippen LogP contribution in [-0.2, 0) is 4.79 Å². The number of benzene rings is 1. The Balaban J connectivity index is 1.78. The number of rotatable bonds is 7. The molecule has 1 fully saturated rings. The maximum Gasteiger partial charge on any atom is 0.226 e. The fourth-order valence-electron chi connectivity index (χ4n) is 2.42. The molecule has 2 rings (SSSR count). The van der Waals surface area contributed by atoms with Crippen molar-refractivity contribution in [3.63, 3.8) is 0 Å². The SMILES string of the molecule is Cc1cccc(OCCC(=O)N(CCO)C2CCC2)c1. The van der Waals surface area contributed by atoms with Crippen LogP contribution < -0.4 is 4.74 Å². The largest absolute Gasteiger partial charge is 0.493 e. The lowest BCUT2D eigenvalue weighted by Crippen LogP contribution is -2.46. The van der Waals surface area contributed by atoms with Gasteiger partial charge < -0.3 is 14.7 Å². The topological polar surface area (TPSA) is 49.8 Å². The lowest BCUT2D eigenvalue weighted by atomic mass is 9.91. The molecular formula is C16H23NO3. The Morgan fingerprint density at radius 2 is 2.25 bits per heavy atom. The van der Waals surface area contributed by atoms with Crippen molar-refractivity contribution in [1.82, 2.24) is 4.90 Å². The van der Waals surface area contributed by atoms with Crippen LogP contribution >= 0.6 is 0 Å². The van der Waals surface area contributed by atoms with Crippen LogP contribution in [0.15, 0.2) is 24.3 Å². The van der Waals surface area contributed by atoms with E-state index in [2.05, 4.69) is 0 Å². The molecule has 20 heavy (non-hydrogen) atoms. The van der Waals surface area contributed by atoms with Crippen LogP contribution in [0.25, 0.3) is 0 Å². The van der Waals surface area contributed by atoms with Crippen LogP contribution in [0.2, 0.25) is 0 Å². The smallest absolute Gasteiger partial charge is 0.226 e. The van der Waals surface area contributed by atoms with Gasteiger partial charge in [-0.05, 0) is 43.9 Å². The molecule has 1 aliphatic rings. The van der Waals surface area contributed by atoms with Gasteiger partial charge in [-0.3, -0.25) is 4.79 Å². The Hall–Kier alpha value is -1.55. The third-order valence-electron chi connectivity index (χ3n) is 3.75. The van der Waals surface area contributed by atoms with Crippen LogP contribution in [0.3, 0.4) is 0 Å². The van der Waals surface area contributed by atoms with Crippen LogP contribution in [0.5, 0.6) is 5.75 Å². The minimum atomic E-state index is 0.0287. The van der Waals surface area contributed by atoms with Gasteiger partial charge in [0.05, 0.1) is 19.6 Å². The maximum atomic E-state index is 12.2. The zero-order valence-corrected chi connectivity index (χ0v) is 12.0. The first-order valence-corrected chi connectivity index (χ1v) is 7.30. The molecule has 4 heteroatoms. The number of aliphatic hydroxyl groups is 1. The van der Waals surface area contributed by atoms with Gasteiger partial charge in [0.25, 0.3) is 0 Å². The van der Waals surface area contributed by atoms with Gasteiger partial charge in [-0.25, -0.2) is 0 Å². The normalized spacial score (nSPS) is 14.7. The van der Waals surface area contributed by atoms with E-state index in [1.54, 1.807) is 0 Å². The van der Waals surface area contributed by atoms with Crippen molar-refractivity contribution in [3.05, 3.63) is 29.8 Å². The third kappa shape index (κ3) is 3.97. The lowest BCUT2D eigenvalue weighted by Gasteiger charge is -2.37. The highest BCUT2D eigenvalue weighted by Crippen LogP contribution is 2.25. The number of nitrogens with zero attached hydrogens (tertiary/aromatic N) is 1. The molecule has 0 bridgehead atoms. The Kier molecular flexibility index (Phi) is 5.41. The third-order valence-corrected chi connectivity index (χ3v) is 3.75. The molecule has 1 saturated carbocycles. The summed E-state index contributed by atoms with van der Waals surface area (Å²) in [7, 11) is 0. The van der Waals surface area contributed by atoms with Gasteiger partial charge in [-0.2, -0.15) is 0 Å². The van der Waals surface area contributed by atoms with Gasteiger partial charge in [-0.15, -0.1) is 0 Å². The van der Waals surface area contributed by atoms with Crippen molar-refractivity contribution < 1.29 is 14.6 Å². The van der Waals surface area contributed by atoms with Gasteiger partial charge in [-0.1, -0.05) is 12.1 Å². The van der Waals surface area contributed by atoms with E-state index in [0.29, 0.717) is 25.6 Å². The highest BCUT2D eigenvalue weighted by atomic mass is 16.5. The van der Waals surface area contributed by atoms with Crippen molar-refractivity contribution in [2.24, 2.45) is 0 Å². The van der Waals surface area contributed by atoms with E-state index in [0.717, 1.165) is 24.2 Å². The number of carbonyl (C=O) groups excluding carboxylic acids is 1. The molecular weight excluding hydrogens is 254 g/mol. The first-order chi connectivity index (χ1) is 9.70. The lowest BCUT2D eigenvalue weighted by molar-refractivity contribution is -0.136. The van der Waals surface area contributed by atoms with Gasteiger partial charge in [0.2, 0.25) is 5.91 Å². The second-order valence-corrected chi connectivity index (χ2v) is 5.31. The summed E-state index contributed by atoms with van der Waals surface area (Å²) in [5, 5.41) is 9.06. The minimum Gasteiger partial charge on any atom is -0.493 e. The van der Waals surface area contributed by atoms with E-state index in [1.807, 2.05) is 36.1 Å². The zero-order chi connectivity index (χ0) is 14.4. The van der Waals surface area contributed by atoms with Crippen LogP contribution in [0.4, 0.5) is 0 Å². The quantitative estimate of drug-likeness (QED) is 0.830. The van der Waals surface area contributed by atoms with Crippen LogP contribution in [0.1, 0.15) is 31.2 Å². The molecule has 1 amide bonds. The Labute approximate surface area is 120 Å². The molecule has 0 unspecified atom stereocenters. The predicted octanol–water partition coefficient (Wildman–Crippen LogP) is 2.14. The molecule has 0 spiro atoms. The van der Waals surface area contributed by atoms with Crippen LogP contribution in [0, 0.1) is 6.92 Å². The zero-order valence-electron chi connectivity index (χ0n) is 12.0. The summed E-state index contributed by atoms with van der Waals surface area (Å²) < 4.78 is 5.61. The molecule has 110 valence electrons. The molecule has 1 N–H and O–H groups in total. The number of aliphatic hydroxyl groups excluding tert-OH is 1. The standard InChI is InChI=1S/C16H23NO3/c1-13-4-2-7-15(12-13)20-11-8-16(19)17(9-10-18)14-5-3-6-14/h2,4,7,12,14,18H,3,5-6,8-11H2,1H3. The monoisotopic (exact) mass is 277 g/mol. The molecule has 1 aromatic rings. The molecule has 0 aliphatic heterocycles. The number of amides is 1. The van der Waals surface area contributed by atoms with Crippen molar-refractivity contribution >= 4 is 5.91 Å². The van der Waals surface area contributed by atoms with E-state index >= 15 is 0 Å². The number of hydrogen-bond acceptors (Lipinski definition) is 3. The van der Waals surface area contributed by atoms with Crippen molar-refractivity contribution in [2.75, 3.05) is 19.8 Å². The molecule has 0 radical (unpaired) electrons. The fourth-order valence-corrected chi connectivity index (χ4v) is 2.42. The summed E-state index contributed by atoms with van der Waals surface area (Å²) >= 11 is 0. The summed E-state index contributed by atoms with van der Waals surface area (Å²) in [5.41, 5.74) is 1.14. The molecule has 1 aromatic carbocycles. The number of hydrogen-bond donors (Lipinski definition) is 1. The highest BCUT2D eigenvalue weighted by Gasteiger charge is 2.27. The second kappa shape index (κ2) is 7.29. The average Bonchev–Trinajstić information content (AvgIpc) is 2.36. The Bertz CT molecular complexity index is 443. The van der Waals surface area contributed by atoms with Gasteiger partial charge >= 0.3 is 0 Å². The maximum absolute atomic E-state index is 12.2. The molecule has 0 heterocycles. The minimum absolute atomic E-state index is 0.0287. The first-order valence-electron chi connectivity index (χ1n) is 7.30. The van der Waals surface area contributed by atoms with E-state index in [4.69, 9.17) is 9.84 Å². The van der Waals surface area contributed by atoms with E-state index in [1.165, 1.54) is 6.42 Å². The van der Waals surface area contributed by atoms with Gasteiger partial charge in [0.15, 0.2) is 0 Å². The second-order valence-electron chi connectivity index (χ2n) is 5.31. The highest BCUT2D eigenvalue weighted by molar-refractivity contribution is 5.76. The molecule has 4 nitrogen and oxygen atoms in total. The summed E-state index contributed by atoms with van der Waals surface area (Å²) in [6.45, 7) is 2.86. The van der Waals surface area contributed by atoms with Crippen LogP contribution in [-0.4, -0.2) is 41.7 Å². The van der Waals surface area contributed by atoms with Crippen molar-refractivity contribution in [3.8, 4) is 5.75 Å². The number of aryl methyl sites for hydroxylation is 1. The summed E-state index contributed by atoms with van der Waals surface area (Å²) in [4.78, 5) is 14.0. The summed E-state index contributed by atoms with van der Waals surface area (Å²) in [6, 6.07) is 8.14. The number of ether oxygens (including phenoxy) is 1. The van der Waals surface area contributed by atoms with Crippen molar-refractivity contribution in [2.45, 2.75) is 38.6 Å². The fraction of sp³-hybridized carbons (Fsp3) is 0.562. The van der Waals surface area contributed by atoms with Gasteiger partial charge in [0, 0.05) is 12.6 Å². The molecule has 0 saturated heterocycles. The van der Waals surface area contributed by atoms with Crippen molar-refractivity contribution in [1.29, 1.82) is 0 Å². The van der Waals surface area contributed by atoms with E-state index < -0.39 is 0 Å². The van der Waals surface area contributed by atoms with Gasteiger partial charge in [0.1, 0.15) is 5.75 Å². The Morgan fingerprint density at radius 3 is 2.85 bits per heavy atom. The van der Waals surface area contributed by atoms with E-state index in [9.17, 15) is 4.79 Å².